The van der Waals surface area contributed by atoms with E-state index in [9.17, 15) is 41.8 Å². The first-order valence-electron chi connectivity index (χ1n) is 19.0. The van der Waals surface area contributed by atoms with Crippen LogP contribution in [-0.4, -0.2) is 105 Å². The first-order chi connectivity index (χ1) is 28.2. The van der Waals surface area contributed by atoms with E-state index in [1.165, 1.54) is 6.07 Å². The van der Waals surface area contributed by atoms with Crippen LogP contribution < -0.4 is 36.0 Å². The maximum Gasteiger partial charge on any atom is 0.354 e. The number of nitrogens with two attached hydrogens (primary N) is 1. The van der Waals surface area contributed by atoms with Gasteiger partial charge in [-0.25, -0.2) is 51.9 Å². The molecule has 0 radical (unpaired) electrons. The summed E-state index contributed by atoms with van der Waals surface area (Å²) < 4.78 is 49.2. The Labute approximate surface area is 373 Å². The number of nitrogens with one attached hydrogen (secondary N) is 2. The lowest BCUT2D eigenvalue weighted by Crippen LogP contribution is -2.48. The van der Waals surface area contributed by atoms with Crippen molar-refractivity contribution < 1.29 is 41.8 Å². The van der Waals surface area contributed by atoms with Gasteiger partial charge in [-0.2, -0.15) is 27.0 Å². The predicted octanol–water partition coefficient (Wildman–Crippen LogP) is 6.14. The van der Waals surface area contributed by atoms with Gasteiger partial charge in [0.1, 0.15) is 17.3 Å². The number of urea groups is 2. The maximum absolute atomic E-state index is 13.2. The molecule has 2 saturated carbocycles. The fourth-order valence-electron chi connectivity index (χ4n) is 7.48. The van der Waals surface area contributed by atoms with Gasteiger partial charge in [-0.05, 0) is 61.4 Å². The molecule has 4 aliphatic heterocycles. The summed E-state index contributed by atoms with van der Waals surface area (Å²) in [7, 11) is 0. The van der Waals surface area contributed by atoms with Gasteiger partial charge in [-0.3, -0.25) is 25.2 Å². The lowest BCUT2D eigenvalue weighted by atomic mass is 10.1. The van der Waals surface area contributed by atoms with E-state index in [1.807, 2.05) is 0 Å². The molecule has 62 heavy (non-hydrogen) atoms. The number of hydrogen-bond acceptors (Lipinski definition) is 11. The van der Waals surface area contributed by atoms with Crippen LogP contribution >= 0.6 is 39.4 Å². The van der Waals surface area contributed by atoms with Gasteiger partial charge in [-0.15, -0.1) is 12.4 Å². The van der Waals surface area contributed by atoms with Gasteiger partial charge >= 0.3 is 18.0 Å². The SMILES string of the molecule is Cl.NC1CC1(F)F.O=C(CC1CC1(F)F)c1ccc2c(n1)N(C(=O)Nc1ccccn1)[C@H]1CCN2C1.O=C(O)c1ccc2c(n1)N(C(=O)Nc1ccccn1)[C@H]1CCN2C1.S.S. The van der Waals surface area contributed by atoms with E-state index in [4.69, 9.17) is 5.73 Å². The molecule has 23 heteroatoms. The van der Waals surface area contributed by atoms with Crippen molar-refractivity contribution in [3.8, 4) is 0 Å². The second kappa shape index (κ2) is 18.9. The minimum absolute atomic E-state index is 0. The molecule has 4 bridgehead atoms. The number of hydrogen-bond donors (Lipinski definition) is 4. The molecule has 4 aromatic rings. The van der Waals surface area contributed by atoms with Gasteiger partial charge in [-0.1, -0.05) is 12.1 Å². The van der Waals surface area contributed by atoms with Crippen LogP contribution in [0.5, 0.6) is 0 Å². The second-order valence-electron chi connectivity index (χ2n) is 15.1. The summed E-state index contributed by atoms with van der Waals surface area (Å²) >= 11 is 0. The number of carbonyl (C=O) groups is 4. The zero-order chi connectivity index (χ0) is 41.6. The topological polar surface area (TPSA) is 203 Å². The average Bonchev–Trinajstić information content (AvgIpc) is 3.76. The minimum Gasteiger partial charge on any atom is -0.477 e. The number of carbonyl (C=O) groups excluding carboxylic acids is 3. The first-order valence-corrected chi connectivity index (χ1v) is 19.0. The fraction of sp³-hybridized carbons (Fsp3) is 0.385. The van der Waals surface area contributed by atoms with Gasteiger partial charge < -0.3 is 20.6 Å². The minimum atomic E-state index is -2.75. The Morgan fingerprint density at radius 1 is 0.710 bits per heavy atom. The monoisotopic (exact) mass is 921 g/mol. The number of carboxylic acids is 1. The summed E-state index contributed by atoms with van der Waals surface area (Å²) in [4.78, 5) is 73.7. The Morgan fingerprint density at radius 3 is 1.53 bits per heavy atom. The third-order valence-corrected chi connectivity index (χ3v) is 10.9. The van der Waals surface area contributed by atoms with E-state index in [2.05, 4.69) is 40.4 Å². The van der Waals surface area contributed by atoms with Crippen LogP contribution in [0.25, 0.3) is 0 Å². The van der Waals surface area contributed by atoms with Crippen molar-refractivity contribution in [2.75, 3.05) is 56.4 Å². The van der Waals surface area contributed by atoms with Crippen LogP contribution in [0.3, 0.4) is 0 Å². The summed E-state index contributed by atoms with van der Waals surface area (Å²) in [6.07, 6.45) is 4.17. The quantitative estimate of drug-likeness (QED) is 0.127. The number of amides is 4. The summed E-state index contributed by atoms with van der Waals surface area (Å²) in [6, 6.07) is 15.3. The lowest BCUT2D eigenvalue weighted by molar-refractivity contribution is 0.0690. The number of anilines is 6. The number of nitrogens with zero attached hydrogens (tertiary/aromatic N) is 8. The highest BCUT2D eigenvalue weighted by molar-refractivity contribution is 7.59. The number of alkyl halides is 4. The van der Waals surface area contributed by atoms with Crippen molar-refractivity contribution >= 4 is 97.9 Å². The number of halogens is 5. The third kappa shape index (κ3) is 10.1. The number of pyridine rings is 4. The Kier molecular flexibility index (Phi) is 14.5. The van der Waals surface area contributed by atoms with Crippen LogP contribution in [-0.2, 0) is 0 Å². The normalized spacial score (nSPS) is 21.9. The number of ketones is 1. The van der Waals surface area contributed by atoms with Crippen molar-refractivity contribution in [3.05, 3.63) is 84.4 Å². The van der Waals surface area contributed by atoms with Crippen molar-refractivity contribution in [3.63, 3.8) is 0 Å². The molecule has 4 fully saturated rings. The Hall–Kier alpha value is -5.45. The van der Waals surface area contributed by atoms with E-state index in [0.717, 1.165) is 43.9 Å². The number of carboxylic acid groups (broad SMARTS) is 1. The summed E-state index contributed by atoms with van der Waals surface area (Å²) in [5, 5.41) is 14.7. The Balaban J connectivity index is 0.000000200. The second-order valence-corrected chi connectivity index (χ2v) is 15.1. The zero-order valence-corrected chi connectivity index (χ0v) is 35.6. The van der Waals surface area contributed by atoms with Crippen LogP contribution in [0.4, 0.5) is 61.8 Å². The zero-order valence-electron chi connectivity index (χ0n) is 32.8. The van der Waals surface area contributed by atoms with Crippen molar-refractivity contribution in [1.82, 2.24) is 19.9 Å². The number of aromatic carboxylic acids is 1. The van der Waals surface area contributed by atoms with Crippen LogP contribution in [0, 0.1) is 5.92 Å². The predicted molar refractivity (Wildman–Crippen MR) is 236 cm³/mol. The molecule has 4 atom stereocenters. The molecule has 4 aromatic heterocycles. The molecule has 2 saturated heterocycles. The van der Waals surface area contributed by atoms with Crippen molar-refractivity contribution in [2.24, 2.45) is 11.7 Å². The molecule has 2 unspecified atom stereocenters. The molecule has 8 heterocycles. The standard InChI is InChI=1S/C20H19F2N5O2.C16H15N5O3.C3H5F2N.ClH.2H2S/c21-20(22)10-12(20)9-16(28)14-4-5-15-18(24-14)27(13-6-8-26(15)11-13)19(29)25-17-3-1-2-7-23-17;22-15(23)11-4-5-12-14(18-11)21(10-6-8-20(12)9-10)16(24)19-13-3-1-2-7-17-13;4-3(5)1-2(3)6;;;/h1-5,7,12-13H,6,8-11H2,(H,23,25,29);1-5,7,10H,6,8-9H2,(H,22,23)(H,17,19,24);2H,1,6H2;1H;2*1H2/t12?,13-;10-;;;;/m00..../s1. The van der Waals surface area contributed by atoms with E-state index in [-0.39, 0.29) is 94.2 Å². The van der Waals surface area contributed by atoms with Gasteiger partial charge in [0.05, 0.1) is 29.5 Å². The van der Waals surface area contributed by atoms with Crippen molar-refractivity contribution in [2.45, 2.75) is 62.1 Å². The summed E-state index contributed by atoms with van der Waals surface area (Å²) in [5.74, 6) is -6.07. The third-order valence-electron chi connectivity index (χ3n) is 10.9. The molecule has 332 valence electrons. The molecule has 0 spiro atoms. The molecule has 4 amide bonds. The molecule has 2 aliphatic carbocycles. The highest BCUT2D eigenvalue weighted by Crippen LogP contribution is 2.51. The van der Waals surface area contributed by atoms with Gasteiger partial charge in [0.25, 0.3) is 11.8 Å². The average molecular weight is 922 g/mol. The number of rotatable bonds is 6. The molecule has 6 aliphatic rings. The highest BCUT2D eigenvalue weighted by atomic mass is 35.5. The summed E-state index contributed by atoms with van der Waals surface area (Å²) in [5.41, 5.74) is 6.34. The van der Waals surface area contributed by atoms with Crippen LogP contribution in [0.2, 0.25) is 0 Å². The van der Waals surface area contributed by atoms with Gasteiger partial charge in [0, 0.05) is 63.8 Å². The Bertz CT molecular complexity index is 2290. The molecule has 10 rings (SSSR count). The molecule has 16 nitrogen and oxygen atoms in total. The lowest BCUT2D eigenvalue weighted by Gasteiger charge is -2.35. The highest BCUT2D eigenvalue weighted by Gasteiger charge is 2.57. The molecular weight excluding hydrogens is 878 g/mol. The van der Waals surface area contributed by atoms with Gasteiger partial charge in [0.2, 0.25) is 0 Å². The van der Waals surface area contributed by atoms with Crippen molar-refractivity contribution in [1.29, 1.82) is 0 Å². The van der Waals surface area contributed by atoms with Crippen LogP contribution in [0.1, 0.15) is 53.1 Å². The largest absolute Gasteiger partial charge is 0.477 e. The van der Waals surface area contributed by atoms with Gasteiger partial charge in [0.15, 0.2) is 23.1 Å². The first kappa shape index (κ1) is 47.6. The van der Waals surface area contributed by atoms with E-state index in [1.54, 1.807) is 76.8 Å². The number of aromatic nitrogens is 4. The fourth-order valence-corrected chi connectivity index (χ4v) is 7.48. The van der Waals surface area contributed by atoms with E-state index >= 15 is 0 Å². The Morgan fingerprint density at radius 2 is 1.15 bits per heavy atom. The molecule has 5 N–H and O–H groups in total. The van der Waals surface area contributed by atoms with Crippen LogP contribution in [0.15, 0.2) is 73.1 Å². The van der Waals surface area contributed by atoms with E-state index < -0.39 is 35.6 Å². The smallest absolute Gasteiger partial charge is 0.354 e. The number of fused-ring (bicyclic) bond motifs is 8. The molecule has 0 aromatic carbocycles. The molecular formula is C39H44ClF4N11O5S2. The maximum atomic E-state index is 13.2. The van der Waals surface area contributed by atoms with E-state index in [0.29, 0.717) is 29.8 Å². The number of Topliss-reactive ketones (excluding diaryl/α,β-unsaturated/α-hetero) is 1. The summed E-state index contributed by atoms with van der Waals surface area (Å²) in [6.45, 7) is 3.01.